The number of anilines is 1. The van der Waals surface area contributed by atoms with E-state index in [1.54, 1.807) is 37.4 Å². The smallest absolute Gasteiger partial charge is 0.252 e. The molecule has 0 saturated carbocycles. The highest BCUT2D eigenvalue weighted by Crippen LogP contribution is 2.15. The fourth-order valence-electron chi connectivity index (χ4n) is 1.30. The van der Waals surface area contributed by atoms with Gasteiger partial charge >= 0.3 is 0 Å². The number of aryl methyl sites for hydroxylation is 1. The largest absolute Gasteiger partial charge is 0.508 e. The molecule has 6 nitrogen and oxygen atoms in total. The average molecular weight is 242 g/mol. The molecule has 0 unspecified atom stereocenters. The number of oxazole rings is 1. The molecule has 1 aromatic carbocycles. The Hall–Kier alpha value is -2.81. The second-order valence-electron chi connectivity index (χ2n) is 3.48. The van der Waals surface area contributed by atoms with Gasteiger partial charge in [0.25, 0.3) is 5.88 Å². The Morgan fingerprint density at radius 1 is 1.44 bits per heavy atom. The van der Waals surface area contributed by atoms with E-state index in [1.165, 1.54) is 0 Å². The van der Waals surface area contributed by atoms with Crippen LogP contribution in [0.1, 0.15) is 17.1 Å². The van der Waals surface area contributed by atoms with Crippen molar-refractivity contribution in [1.82, 2.24) is 4.98 Å². The Kier molecular flexibility index (Phi) is 3.25. The van der Waals surface area contributed by atoms with Gasteiger partial charge in [-0.05, 0) is 29.8 Å². The van der Waals surface area contributed by atoms with Crippen LogP contribution in [-0.2, 0) is 0 Å². The quantitative estimate of drug-likeness (QED) is 0.634. The van der Waals surface area contributed by atoms with Crippen LogP contribution in [0.5, 0.6) is 5.75 Å². The highest BCUT2D eigenvalue weighted by molar-refractivity contribution is 5.80. The van der Waals surface area contributed by atoms with Crippen molar-refractivity contribution in [1.29, 1.82) is 5.26 Å². The molecule has 0 radical (unpaired) electrons. The molecule has 0 bridgehead atoms. The highest BCUT2D eigenvalue weighted by Gasteiger charge is 2.08. The van der Waals surface area contributed by atoms with Gasteiger partial charge in [0.2, 0.25) is 5.69 Å². The summed E-state index contributed by atoms with van der Waals surface area (Å²) < 4.78 is 5.16. The van der Waals surface area contributed by atoms with E-state index in [1.807, 2.05) is 6.07 Å². The van der Waals surface area contributed by atoms with Gasteiger partial charge in [-0.2, -0.15) is 10.4 Å². The molecule has 0 aliphatic carbocycles. The minimum absolute atomic E-state index is 0.162. The number of nitrogens with zero attached hydrogens (tertiary/aromatic N) is 3. The Balaban J connectivity index is 2.07. The molecule has 0 fully saturated rings. The van der Waals surface area contributed by atoms with E-state index in [2.05, 4.69) is 15.5 Å². The number of nitriles is 1. The van der Waals surface area contributed by atoms with Gasteiger partial charge < -0.3 is 9.52 Å². The molecule has 0 aliphatic heterocycles. The minimum Gasteiger partial charge on any atom is -0.508 e. The van der Waals surface area contributed by atoms with Crippen molar-refractivity contribution in [3.8, 4) is 11.8 Å². The first-order chi connectivity index (χ1) is 8.69. The zero-order valence-electron chi connectivity index (χ0n) is 9.58. The molecule has 0 aliphatic rings. The Labute approximate surface area is 103 Å². The number of hydrazone groups is 1. The van der Waals surface area contributed by atoms with Crippen molar-refractivity contribution in [2.75, 3.05) is 5.43 Å². The summed E-state index contributed by atoms with van der Waals surface area (Å²) in [5.41, 5.74) is 3.57. The third-order valence-corrected chi connectivity index (χ3v) is 2.11. The maximum absolute atomic E-state index is 9.11. The topological polar surface area (TPSA) is 94.4 Å². The monoisotopic (exact) mass is 242 g/mol. The number of aromatic hydroxyl groups is 1. The average Bonchev–Trinajstić information content (AvgIpc) is 2.72. The normalized spacial score (nSPS) is 10.4. The molecular formula is C12H10N4O2. The third-order valence-electron chi connectivity index (χ3n) is 2.11. The molecule has 0 atom stereocenters. The highest BCUT2D eigenvalue weighted by atomic mass is 16.4. The predicted octanol–water partition coefficient (Wildman–Crippen LogP) is 2.01. The fraction of sp³-hybridized carbons (Fsp3) is 0.0833. The molecule has 18 heavy (non-hydrogen) atoms. The van der Waals surface area contributed by atoms with Crippen molar-refractivity contribution < 1.29 is 9.52 Å². The Bertz CT molecular complexity index is 608. The van der Waals surface area contributed by atoms with Crippen LogP contribution >= 0.6 is 0 Å². The van der Waals surface area contributed by atoms with Gasteiger partial charge in [0.1, 0.15) is 11.8 Å². The van der Waals surface area contributed by atoms with Gasteiger partial charge in [-0.1, -0.05) is 0 Å². The summed E-state index contributed by atoms with van der Waals surface area (Å²) >= 11 is 0. The number of hydrogen-bond acceptors (Lipinski definition) is 6. The SMILES string of the molecule is Cc1nc(C#N)c(N/N=C/c2ccc(O)cc2)o1. The van der Waals surface area contributed by atoms with Crippen LogP contribution in [0.4, 0.5) is 5.88 Å². The van der Waals surface area contributed by atoms with Crippen LogP contribution in [0.15, 0.2) is 33.8 Å². The number of aromatic nitrogens is 1. The first-order valence-corrected chi connectivity index (χ1v) is 5.14. The number of benzene rings is 1. The predicted molar refractivity (Wildman–Crippen MR) is 65.3 cm³/mol. The van der Waals surface area contributed by atoms with E-state index < -0.39 is 0 Å². The van der Waals surface area contributed by atoms with Gasteiger partial charge in [0.05, 0.1) is 6.21 Å². The molecule has 2 rings (SSSR count). The molecule has 2 aromatic rings. The first kappa shape index (κ1) is 11.7. The van der Waals surface area contributed by atoms with Gasteiger partial charge in [-0.25, -0.2) is 10.4 Å². The van der Waals surface area contributed by atoms with E-state index in [-0.39, 0.29) is 17.3 Å². The van der Waals surface area contributed by atoms with E-state index in [0.29, 0.717) is 5.89 Å². The van der Waals surface area contributed by atoms with Gasteiger partial charge in [-0.3, -0.25) is 0 Å². The van der Waals surface area contributed by atoms with Gasteiger partial charge in [-0.15, -0.1) is 0 Å². The number of rotatable bonds is 3. The Morgan fingerprint density at radius 2 is 2.17 bits per heavy atom. The van der Waals surface area contributed by atoms with Crippen molar-refractivity contribution >= 4 is 12.1 Å². The summed E-state index contributed by atoms with van der Waals surface area (Å²) in [7, 11) is 0. The summed E-state index contributed by atoms with van der Waals surface area (Å²) in [5, 5.41) is 21.8. The van der Waals surface area contributed by atoms with Crippen LogP contribution in [0.25, 0.3) is 0 Å². The van der Waals surface area contributed by atoms with Crippen molar-refractivity contribution in [2.24, 2.45) is 5.10 Å². The lowest BCUT2D eigenvalue weighted by Crippen LogP contribution is -1.91. The maximum Gasteiger partial charge on any atom is 0.252 e. The lowest BCUT2D eigenvalue weighted by molar-refractivity contribution is 0.475. The molecule has 1 aromatic heterocycles. The standard InChI is InChI=1S/C12H10N4O2/c1-8-15-11(6-13)12(18-8)16-14-7-9-2-4-10(17)5-3-9/h2-5,7,16-17H,1H3/b14-7+. The first-order valence-electron chi connectivity index (χ1n) is 5.14. The van der Waals surface area contributed by atoms with Crippen molar-refractivity contribution in [2.45, 2.75) is 6.92 Å². The van der Waals surface area contributed by atoms with E-state index >= 15 is 0 Å². The number of nitrogens with one attached hydrogen (secondary N) is 1. The van der Waals surface area contributed by atoms with E-state index in [4.69, 9.17) is 14.8 Å². The van der Waals surface area contributed by atoms with Crippen molar-refractivity contribution in [3.63, 3.8) is 0 Å². The molecular weight excluding hydrogens is 232 g/mol. The van der Waals surface area contributed by atoms with Crippen LogP contribution in [0.2, 0.25) is 0 Å². The van der Waals surface area contributed by atoms with Crippen LogP contribution in [-0.4, -0.2) is 16.3 Å². The number of phenolic OH excluding ortho intramolecular Hbond substituents is 1. The summed E-state index contributed by atoms with van der Waals surface area (Å²) in [6, 6.07) is 8.42. The molecule has 1 heterocycles. The van der Waals surface area contributed by atoms with Gasteiger partial charge in [0, 0.05) is 6.92 Å². The third kappa shape index (κ3) is 2.65. The number of hydrogen-bond donors (Lipinski definition) is 2. The molecule has 2 N–H and O–H groups in total. The van der Waals surface area contributed by atoms with Crippen LogP contribution < -0.4 is 5.43 Å². The molecule has 90 valence electrons. The molecule has 0 saturated heterocycles. The summed E-state index contributed by atoms with van der Waals surface area (Å²) in [4.78, 5) is 3.87. The maximum atomic E-state index is 9.11. The zero-order chi connectivity index (χ0) is 13.0. The van der Waals surface area contributed by atoms with E-state index in [9.17, 15) is 0 Å². The molecule has 6 heteroatoms. The second-order valence-corrected chi connectivity index (χ2v) is 3.48. The summed E-state index contributed by atoms with van der Waals surface area (Å²) in [6.07, 6.45) is 1.54. The summed E-state index contributed by atoms with van der Waals surface area (Å²) in [6.45, 7) is 1.65. The second kappa shape index (κ2) is 5.01. The van der Waals surface area contributed by atoms with Crippen LogP contribution in [0.3, 0.4) is 0 Å². The minimum atomic E-state index is 0.162. The molecule has 0 amide bonds. The van der Waals surface area contributed by atoms with Crippen molar-refractivity contribution in [3.05, 3.63) is 41.4 Å². The lowest BCUT2D eigenvalue weighted by atomic mass is 10.2. The Morgan fingerprint density at radius 3 is 2.83 bits per heavy atom. The lowest BCUT2D eigenvalue weighted by Gasteiger charge is -1.95. The van der Waals surface area contributed by atoms with Gasteiger partial charge in [0.15, 0.2) is 5.89 Å². The number of phenols is 1. The zero-order valence-corrected chi connectivity index (χ0v) is 9.58. The summed E-state index contributed by atoms with van der Waals surface area (Å²) in [5.74, 6) is 0.802. The van der Waals surface area contributed by atoms with Crippen LogP contribution in [0, 0.1) is 18.3 Å². The van der Waals surface area contributed by atoms with E-state index in [0.717, 1.165) is 5.56 Å². The molecule has 0 spiro atoms. The fourth-order valence-corrected chi connectivity index (χ4v) is 1.30.